The molecular formula is C24H19F4N3O2. The molecule has 0 bridgehead atoms. The molecule has 33 heavy (non-hydrogen) atoms. The van der Waals surface area contributed by atoms with Gasteiger partial charge in [-0.25, -0.2) is 4.39 Å². The van der Waals surface area contributed by atoms with Crippen LogP contribution in [-0.4, -0.2) is 23.0 Å². The standard InChI is InChI=1S/C24H19F4N3O2/c25-17-7-3-15(4-8-17)22(32)31-21(24(26,27)28)14-5-9-18(10-6-14)30-23(33)20-12-19(20)16-2-1-11-29-13-16/h1-11,13,19-21H,12H2,(H,30,33)(H,31,32)/t19-,20+,21-/m1/s1. The summed E-state index contributed by atoms with van der Waals surface area (Å²) >= 11 is 0. The Bertz CT molecular complexity index is 1130. The number of amides is 2. The quantitative estimate of drug-likeness (QED) is 0.512. The number of alkyl halides is 3. The molecule has 1 saturated carbocycles. The van der Waals surface area contributed by atoms with Crippen molar-refractivity contribution < 1.29 is 27.2 Å². The predicted octanol–water partition coefficient (Wildman–Crippen LogP) is 5.00. The van der Waals surface area contributed by atoms with Crippen LogP contribution in [0.3, 0.4) is 0 Å². The summed E-state index contributed by atoms with van der Waals surface area (Å²) in [5.74, 6) is -1.94. The largest absolute Gasteiger partial charge is 0.412 e. The summed E-state index contributed by atoms with van der Waals surface area (Å²) < 4.78 is 53.9. The molecule has 2 N–H and O–H groups in total. The molecule has 0 saturated heterocycles. The monoisotopic (exact) mass is 457 g/mol. The van der Waals surface area contributed by atoms with E-state index >= 15 is 0 Å². The van der Waals surface area contributed by atoms with Gasteiger partial charge in [-0.3, -0.25) is 14.6 Å². The second-order valence-corrected chi connectivity index (χ2v) is 7.80. The molecule has 1 fully saturated rings. The molecule has 2 aromatic carbocycles. The minimum Gasteiger partial charge on any atom is -0.337 e. The highest BCUT2D eigenvalue weighted by Gasteiger charge is 2.44. The topological polar surface area (TPSA) is 71.1 Å². The van der Waals surface area contributed by atoms with Crippen LogP contribution >= 0.6 is 0 Å². The second kappa shape index (κ2) is 9.01. The van der Waals surface area contributed by atoms with E-state index in [9.17, 15) is 27.2 Å². The number of carbonyl (C=O) groups excluding carboxylic acids is 2. The van der Waals surface area contributed by atoms with Crippen LogP contribution < -0.4 is 10.6 Å². The van der Waals surface area contributed by atoms with Crippen LogP contribution in [0.15, 0.2) is 73.1 Å². The number of anilines is 1. The molecule has 3 aromatic rings. The van der Waals surface area contributed by atoms with Gasteiger partial charge in [0.05, 0.1) is 0 Å². The first kappa shape index (κ1) is 22.4. The van der Waals surface area contributed by atoms with E-state index in [0.29, 0.717) is 12.1 Å². The number of rotatable bonds is 6. The highest BCUT2D eigenvalue weighted by atomic mass is 19.4. The van der Waals surface area contributed by atoms with Gasteiger partial charge in [-0.2, -0.15) is 13.2 Å². The smallest absolute Gasteiger partial charge is 0.337 e. The van der Waals surface area contributed by atoms with E-state index in [2.05, 4.69) is 10.3 Å². The number of aromatic nitrogens is 1. The fourth-order valence-electron chi connectivity index (χ4n) is 3.61. The average molecular weight is 457 g/mol. The Balaban J connectivity index is 1.42. The number of nitrogens with one attached hydrogen (secondary N) is 2. The Kier molecular flexibility index (Phi) is 6.13. The Morgan fingerprint density at radius 3 is 2.30 bits per heavy atom. The molecule has 4 rings (SSSR count). The van der Waals surface area contributed by atoms with Gasteiger partial charge in [-0.1, -0.05) is 18.2 Å². The zero-order chi connectivity index (χ0) is 23.6. The molecule has 0 unspecified atom stereocenters. The van der Waals surface area contributed by atoms with E-state index in [1.165, 1.54) is 24.3 Å². The number of nitrogens with zero attached hydrogens (tertiary/aromatic N) is 1. The third kappa shape index (κ3) is 5.36. The Labute approximate surface area is 186 Å². The molecule has 1 heterocycles. The molecule has 3 atom stereocenters. The van der Waals surface area contributed by atoms with Crippen LogP contribution in [0, 0.1) is 11.7 Å². The van der Waals surface area contributed by atoms with E-state index in [4.69, 9.17) is 0 Å². The van der Waals surface area contributed by atoms with Gasteiger partial charge in [0.2, 0.25) is 5.91 Å². The predicted molar refractivity (Wildman–Crippen MR) is 113 cm³/mol. The zero-order valence-corrected chi connectivity index (χ0v) is 17.1. The van der Waals surface area contributed by atoms with Crippen molar-refractivity contribution in [2.45, 2.75) is 24.6 Å². The summed E-state index contributed by atoms with van der Waals surface area (Å²) in [4.78, 5) is 28.7. The number of hydrogen-bond donors (Lipinski definition) is 2. The van der Waals surface area contributed by atoms with Gasteiger partial charge in [0.1, 0.15) is 5.82 Å². The maximum absolute atomic E-state index is 13.6. The summed E-state index contributed by atoms with van der Waals surface area (Å²) in [5.41, 5.74) is 1.03. The van der Waals surface area contributed by atoms with Crippen molar-refractivity contribution in [3.8, 4) is 0 Å². The van der Waals surface area contributed by atoms with Gasteiger partial charge in [0.15, 0.2) is 6.04 Å². The highest BCUT2D eigenvalue weighted by Crippen LogP contribution is 2.47. The lowest BCUT2D eigenvalue weighted by Crippen LogP contribution is -2.38. The maximum Gasteiger partial charge on any atom is 0.412 e. The summed E-state index contributed by atoms with van der Waals surface area (Å²) in [5, 5.41) is 4.66. The molecule has 0 radical (unpaired) electrons. The van der Waals surface area contributed by atoms with Gasteiger partial charge in [-0.15, -0.1) is 0 Å². The lowest BCUT2D eigenvalue weighted by Gasteiger charge is -2.22. The van der Waals surface area contributed by atoms with Crippen molar-refractivity contribution >= 4 is 17.5 Å². The minimum atomic E-state index is -4.76. The molecule has 2 amide bonds. The minimum absolute atomic E-state index is 0.0780. The Morgan fingerprint density at radius 2 is 1.70 bits per heavy atom. The van der Waals surface area contributed by atoms with E-state index in [1.807, 2.05) is 11.4 Å². The van der Waals surface area contributed by atoms with Gasteiger partial charge in [-0.05, 0) is 65.9 Å². The van der Waals surface area contributed by atoms with Crippen molar-refractivity contribution in [1.29, 1.82) is 0 Å². The molecule has 170 valence electrons. The molecule has 1 aromatic heterocycles. The SMILES string of the molecule is O=C(N[C@H](c1ccc(NC(=O)[C@H]2C[C@@H]2c2cccnc2)cc1)C(F)(F)F)c1ccc(F)cc1. The van der Waals surface area contributed by atoms with E-state index < -0.39 is 23.9 Å². The fourth-order valence-corrected chi connectivity index (χ4v) is 3.61. The van der Waals surface area contributed by atoms with Crippen LogP contribution in [0.1, 0.15) is 39.9 Å². The third-order valence-electron chi connectivity index (χ3n) is 5.46. The van der Waals surface area contributed by atoms with E-state index in [-0.39, 0.29) is 28.9 Å². The number of hydrogen-bond acceptors (Lipinski definition) is 3. The van der Waals surface area contributed by atoms with Crippen LogP contribution in [0.25, 0.3) is 0 Å². The summed E-state index contributed by atoms with van der Waals surface area (Å²) in [6.07, 6.45) is -0.713. The molecule has 5 nitrogen and oxygen atoms in total. The summed E-state index contributed by atoms with van der Waals surface area (Å²) in [7, 11) is 0. The van der Waals surface area contributed by atoms with Gasteiger partial charge in [0.25, 0.3) is 5.91 Å². The summed E-state index contributed by atoms with van der Waals surface area (Å²) in [6, 6.07) is 10.7. The lowest BCUT2D eigenvalue weighted by atomic mass is 10.0. The normalized spacial score (nSPS) is 18.3. The first-order chi connectivity index (χ1) is 15.7. The van der Waals surface area contributed by atoms with Crippen molar-refractivity contribution in [3.63, 3.8) is 0 Å². The van der Waals surface area contributed by atoms with Crippen molar-refractivity contribution in [2.24, 2.45) is 5.92 Å². The van der Waals surface area contributed by atoms with Crippen LogP contribution in [0.5, 0.6) is 0 Å². The molecule has 1 aliphatic carbocycles. The average Bonchev–Trinajstić information content (AvgIpc) is 3.60. The van der Waals surface area contributed by atoms with Crippen LogP contribution in [0.2, 0.25) is 0 Å². The first-order valence-electron chi connectivity index (χ1n) is 10.2. The van der Waals surface area contributed by atoms with Crippen molar-refractivity contribution in [1.82, 2.24) is 10.3 Å². The highest BCUT2D eigenvalue weighted by molar-refractivity contribution is 5.95. The number of pyridine rings is 1. The molecule has 0 aliphatic heterocycles. The first-order valence-corrected chi connectivity index (χ1v) is 10.2. The number of carbonyl (C=O) groups is 2. The molecule has 0 spiro atoms. The Morgan fingerprint density at radius 1 is 1.00 bits per heavy atom. The fraction of sp³-hybridized carbons (Fsp3) is 0.208. The van der Waals surface area contributed by atoms with E-state index in [1.54, 1.807) is 18.5 Å². The van der Waals surface area contributed by atoms with Crippen LogP contribution in [-0.2, 0) is 4.79 Å². The molecular weight excluding hydrogens is 438 g/mol. The van der Waals surface area contributed by atoms with Crippen LogP contribution in [0.4, 0.5) is 23.2 Å². The lowest BCUT2D eigenvalue weighted by molar-refractivity contribution is -0.155. The summed E-state index contributed by atoms with van der Waals surface area (Å²) in [6.45, 7) is 0. The Hall–Kier alpha value is -3.75. The number of benzene rings is 2. The second-order valence-electron chi connectivity index (χ2n) is 7.80. The van der Waals surface area contributed by atoms with E-state index in [0.717, 1.165) is 29.8 Å². The van der Waals surface area contributed by atoms with Gasteiger partial charge < -0.3 is 10.6 Å². The third-order valence-corrected chi connectivity index (χ3v) is 5.46. The van der Waals surface area contributed by atoms with Gasteiger partial charge in [0, 0.05) is 29.6 Å². The van der Waals surface area contributed by atoms with Crippen molar-refractivity contribution in [2.75, 3.05) is 5.32 Å². The van der Waals surface area contributed by atoms with Crippen molar-refractivity contribution in [3.05, 3.63) is 95.6 Å². The molecule has 1 aliphatic rings. The maximum atomic E-state index is 13.6. The molecule has 9 heteroatoms. The van der Waals surface area contributed by atoms with Gasteiger partial charge >= 0.3 is 6.18 Å². The number of halogens is 4. The zero-order valence-electron chi connectivity index (χ0n) is 17.1.